The van der Waals surface area contributed by atoms with Crippen molar-refractivity contribution in [3.63, 3.8) is 0 Å². The van der Waals surface area contributed by atoms with Crippen molar-refractivity contribution in [2.75, 3.05) is 11.1 Å². The molecule has 0 spiro atoms. The molecule has 0 aliphatic carbocycles. The van der Waals surface area contributed by atoms with Crippen molar-refractivity contribution in [3.8, 4) is 0 Å². The minimum Gasteiger partial charge on any atom is -0.397 e. The van der Waals surface area contributed by atoms with Gasteiger partial charge in [0, 0.05) is 18.2 Å². The van der Waals surface area contributed by atoms with Gasteiger partial charge in [-0.05, 0) is 25.3 Å². The Morgan fingerprint density at radius 2 is 2.00 bits per heavy atom. The van der Waals surface area contributed by atoms with Gasteiger partial charge in [0.2, 0.25) is 0 Å². The summed E-state index contributed by atoms with van der Waals surface area (Å²) < 4.78 is 0. The molecule has 1 unspecified atom stereocenters. The van der Waals surface area contributed by atoms with Crippen LogP contribution in [-0.2, 0) is 0 Å². The van der Waals surface area contributed by atoms with Crippen molar-refractivity contribution in [2.24, 2.45) is 5.92 Å². The van der Waals surface area contributed by atoms with Gasteiger partial charge in [0.1, 0.15) is 0 Å². The van der Waals surface area contributed by atoms with E-state index in [9.17, 15) is 10.1 Å². The molecular weight excluding hydrogens is 242 g/mol. The van der Waals surface area contributed by atoms with Crippen molar-refractivity contribution in [3.05, 3.63) is 28.3 Å². The summed E-state index contributed by atoms with van der Waals surface area (Å²) >= 11 is 0. The molecule has 0 saturated heterocycles. The van der Waals surface area contributed by atoms with Crippen LogP contribution in [0.15, 0.2) is 18.2 Å². The van der Waals surface area contributed by atoms with Gasteiger partial charge >= 0.3 is 0 Å². The molecule has 0 saturated carbocycles. The molecule has 0 bridgehead atoms. The highest BCUT2D eigenvalue weighted by Crippen LogP contribution is 2.25. The van der Waals surface area contributed by atoms with Crippen LogP contribution in [0.5, 0.6) is 0 Å². The quantitative estimate of drug-likeness (QED) is 0.446. The Morgan fingerprint density at radius 1 is 1.32 bits per heavy atom. The van der Waals surface area contributed by atoms with Gasteiger partial charge in [-0.25, -0.2) is 0 Å². The second-order valence-corrected chi connectivity index (χ2v) is 5.40. The number of nitrogens with two attached hydrogens (primary N) is 1. The fourth-order valence-electron chi connectivity index (χ4n) is 1.97. The fraction of sp³-hybridized carbons (Fsp3) is 0.571. The molecule has 1 atom stereocenters. The number of nitrogens with zero attached hydrogens (tertiary/aromatic N) is 1. The van der Waals surface area contributed by atoms with E-state index in [2.05, 4.69) is 26.1 Å². The zero-order valence-corrected chi connectivity index (χ0v) is 11.8. The van der Waals surface area contributed by atoms with Crippen LogP contribution in [0, 0.1) is 16.0 Å². The van der Waals surface area contributed by atoms with E-state index in [1.54, 1.807) is 6.07 Å². The average Bonchev–Trinajstić information content (AvgIpc) is 2.31. The fourth-order valence-corrected chi connectivity index (χ4v) is 1.97. The number of nitrogens with one attached hydrogen (secondary N) is 1. The van der Waals surface area contributed by atoms with Gasteiger partial charge in [0.15, 0.2) is 0 Å². The molecule has 106 valence electrons. The Balaban J connectivity index is 2.54. The van der Waals surface area contributed by atoms with Gasteiger partial charge in [-0.1, -0.05) is 26.7 Å². The molecule has 0 fully saturated rings. The number of hydrogen-bond donors (Lipinski definition) is 2. The third kappa shape index (κ3) is 5.16. The van der Waals surface area contributed by atoms with Gasteiger partial charge < -0.3 is 11.1 Å². The molecule has 3 N–H and O–H groups in total. The molecule has 1 rings (SSSR count). The summed E-state index contributed by atoms with van der Waals surface area (Å²) in [5.74, 6) is 0.719. The number of non-ortho nitro benzene ring substituents is 1. The molecule has 0 heterocycles. The van der Waals surface area contributed by atoms with Crippen LogP contribution in [0.25, 0.3) is 0 Å². The van der Waals surface area contributed by atoms with E-state index in [0.717, 1.165) is 18.0 Å². The third-order valence-corrected chi connectivity index (χ3v) is 3.07. The maximum absolute atomic E-state index is 10.6. The molecule has 0 aromatic heterocycles. The second-order valence-electron chi connectivity index (χ2n) is 5.40. The highest BCUT2D eigenvalue weighted by Gasteiger charge is 2.10. The lowest BCUT2D eigenvalue weighted by Gasteiger charge is -2.17. The van der Waals surface area contributed by atoms with Gasteiger partial charge in [-0.15, -0.1) is 0 Å². The molecule has 1 aromatic rings. The Morgan fingerprint density at radius 3 is 2.53 bits per heavy atom. The molecule has 0 amide bonds. The van der Waals surface area contributed by atoms with Crippen LogP contribution in [0.2, 0.25) is 0 Å². The number of nitro groups is 1. The molecule has 19 heavy (non-hydrogen) atoms. The molecule has 0 aliphatic heterocycles. The first-order valence-electron chi connectivity index (χ1n) is 6.70. The van der Waals surface area contributed by atoms with Gasteiger partial charge in [-0.2, -0.15) is 0 Å². The van der Waals surface area contributed by atoms with Gasteiger partial charge in [-0.3, -0.25) is 10.1 Å². The summed E-state index contributed by atoms with van der Waals surface area (Å²) in [6.45, 7) is 6.53. The number of rotatable bonds is 7. The van der Waals surface area contributed by atoms with Gasteiger partial charge in [0.05, 0.1) is 16.3 Å². The summed E-state index contributed by atoms with van der Waals surface area (Å²) in [6.07, 6.45) is 3.44. The summed E-state index contributed by atoms with van der Waals surface area (Å²) in [5, 5.41) is 13.9. The molecular formula is C14H23N3O2. The van der Waals surface area contributed by atoms with E-state index in [0.29, 0.717) is 11.7 Å². The van der Waals surface area contributed by atoms with E-state index in [1.165, 1.54) is 25.0 Å². The first kappa shape index (κ1) is 15.3. The predicted octanol–water partition coefficient (Wildman–Crippen LogP) is 3.80. The predicted molar refractivity (Wildman–Crippen MR) is 79.3 cm³/mol. The van der Waals surface area contributed by atoms with E-state index in [4.69, 9.17) is 5.73 Å². The van der Waals surface area contributed by atoms with E-state index in [1.807, 2.05) is 0 Å². The van der Waals surface area contributed by atoms with Crippen LogP contribution >= 0.6 is 0 Å². The van der Waals surface area contributed by atoms with Crippen LogP contribution in [0.4, 0.5) is 17.1 Å². The topological polar surface area (TPSA) is 81.2 Å². The lowest BCUT2D eigenvalue weighted by Crippen LogP contribution is -2.16. The summed E-state index contributed by atoms with van der Waals surface area (Å²) in [6, 6.07) is 4.84. The first-order chi connectivity index (χ1) is 8.90. The number of anilines is 2. The van der Waals surface area contributed by atoms with Crippen molar-refractivity contribution in [1.29, 1.82) is 0 Å². The average molecular weight is 265 g/mol. The van der Waals surface area contributed by atoms with Gasteiger partial charge in [0.25, 0.3) is 5.69 Å². The number of benzene rings is 1. The third-order valence-electron chi connectivity index (χ3n) is 3.07. The van der Waals surface area contributed by atoms with E-state index < -0.39 is 4.92 Å². The summed E-state index contributed by atoms with van der Waals surface area (Å²) in [7, 11) is 0. The molecule has 0 radical (unpaired) electrons. The Hall–Kier alpha value is -1.78. The number of nitro benzene ring substituents is 1. The lowest BCUT2D eigenvalue weighted by molar-refractivity contribution is -0.384. The highest BCUT2D eigenvalue weighted by atomic mass is 16.6. The standard InChI is InChI=1S/C14H23N3O2/c1-10(2)5-4-6-11(3)16-14-8-7-12(17(18)19)9-13(14)15/h7-11,16H,4-6,15H2,1-3H3. The van der Waals surface area contributed by atoms with E-state index in [-0.39, 0.29) is 5.69 Å². The minimum absolute atomic E-state index is 0.0236. The number of nitrogen functional groups attached to an aromatic ring is 1. The lowest BCUT2D eigenvalue weighted by atomic mass is 10.0. The zero-order valence-electron chi connectivity index (χ0n) is 11.8. The van der Waals surface area contributed by atoms with Crippen LogP contribution in [0.3, 0.4) is 0 Å². The van der Waals surface area contributed by atoms with Crippen molar-refractivity contribution in [2.45, 2.75) is 46.1 Å². The highest BCUT2D eigenvalue weighted by molar-refractivity contribution is 5.69. The summed E-state index contributed by atoms with van der Waals surface area (Å²) in [4.78, 5) is 10.2. The van der Waals surface area contributed by atoms with Crippen molar-refractivity contribution >= 4 is 17.1 Å². The number of hydrogen-bond acceptors (Lipinski definition) is 4. The zero-order chi connectivity index (χ0) is 14.4. The Bertz CT molecular complexity index is 433. The smallest absolute Gasteiger partial charge is 0.271 e. The van der Waals surface area contributed by atoms with Crippen LogP contribution in [0.1, 0.15) is 40.0 Å². The van der Waals surface area contributed by atoms with Crippen molar-refractivity contribution < 1.29 is 4.92 Å². The summed E-state index contributed by atoms with van der Waals surface area (Å²) in [5.41, 5.74) is 7.03. The molecule has 5 heteroatoms. The second kappa shape index (κ2) is 6.97. The monoisotopic (exact) mass is 265 g/mol. The van der Waals surface area contributed by atoms with E-state index >= 15 is 0 Å². The minimum atomic E-state index is -0.438. The van der Waals surface area contributed by atoms with Crippen LogP contribution in [-0.4, -0.2) is 11.0 Å². The maximum Gasteiger partial charge on any atom is 0.271 e. The Kier molecular flexibility index (Phi) is 5.60. The maximum atomic E-state index is 10.6. The normalized spacial score (nSPS) is 12.4. The molecule has 5 nitrogen and oxygen atoms in total. The molecule has 1 aromatic carbocycles. The largest absolute Gasteiger partial charge is 0.397 e. The van der Waals surface area contributed by atoms with Crippen molar-refractivity contribution in [1.82, 2.24) is 0 Å². The molecule has 0 aliphatic rings. The Labute approximate surface area is 114 Å². The van der Waals surface area contributed by atoms with Crippen LogP contribution < -0.4 is 11.1 Å². The first-order valence-corrected chi connectivity index (χ1v) is 6.70. The SMILES string of the molecule is CC(C)CCCC(C)Nc1ccc([N+](=O)[O-])cc1N.